The molecule has 0 bridgehead atoms. The van der Waals surface area contributed by atoms with Gasteiger partial charge >= 0.3 is 6.18 Å². The lowest BCUT2D eigenvalue weighted by Gasteiger charge is -2.24. The van der Waals surface area contributed by atoms with Crippen LogP contribution in [-0.2, 0) is 19.8 Å². The quantitative estimate of drug-likeness (QED) is 0.642. The highest BCUT2D eigenvalue weighted by atomic mass is 19.4. The Morgan fingerprint density at radius 2 is 1.81 bits per heavy atom. The first-order chi connectivity index (χ1) is 15.2. The van der Waals surface area contributed by atoms with Crippen molar-refractivity contribution in [3.8, 4) is 23.0 Å². The molecular weight excluding hydrogens is 429 g/mol. The molecule has 1 amide bonds. The summed E-state index contributed by atoms with van der Waals surface area (Å²) >= 11 is 0. The number of hydrogen-bond acceptors (Lipinski definition) is 6. The van der Waals surface area contributed by atoms with Gasteiger partial charge in [0.25, 0.3) is 5.91 Å². The molecule has 0 saturated carbocycles. The number of fused-ring (bicyclic) bond motifs is 1. The molecule has 1 aliphatic heterocycles. The summed E-state index contributed by atoms with van der Waals surface area (Å²) in [5, 5.41) is 10.8. The second-order valence-electron chi connectivity index (χ2n) is 7.32. The predicted octanol–water partition coefficient (Wildman–Crippen LogP) is 2.98. The molecule has 1 atom stereocenters. The van der Waals surface area contributed by atoms with Crippen LogP contribution in [0, 0.1) is 0 Å². The molecule has 1 N–H and O–H groups in total. The molecule has 0 radical (unpaired) electrons. The van der Waals surface area contributed by atoms with Crippen molar-refractivity contribution in [2.24, 2.45) is 7.05 Å². The zero-order valence-corrected chi connectivity index (χ0v) is 17.6. The second-order valence-corrected chi connectivity index (χ2v) is 7.32. The lowest BCUT2D eigenvalue weighted by Crippen LogP contribution is -2.33. The van der Waals surface area contributed by atoms with Crippen LogP contribution in [0.4, 0.5) is 13.2 Å². The summed E-state index contributed by atoms with van der Waals surface area (Å²) in [6, 6.07) is 5.61. The largest absolute Gasteiger partial charge is 0.481 e. The molecule has 3 aromatic heterocycles. The van der Waals surface area contributed by atoms with Gasteiger partial charge in [-0.3, -0.25) is 14.2 Å². The van der Waals surface area contributed by atoms with E-state index in [1.807, 2.05) is 6.07 Å². The molecule has 9 nitrogen and oxygen atoms in total. The number of carbonyl (C=O) groups is 1. The van der Waals surface area contributed by atoms with Crippen LogP contribution < -0.4 is 14.8 Å². The molecule has 1 aliphatic rings. The van der Waals surface area contributed by atoms with E-state index < -0.39 is 23.8 Å². The number of aromatic nitrogens is 5. The molecule has 4 heterocycles. The number of nitrogens with zero attached hydrogens (tertiary/aromatic N) is 5. The summed E-state index contributed by atoms with van der Waals surface area (Å²) in [7, 11) is 4.30. The van der Waals surface area contributed by atoms with Gasteiger partial charge in [0.1, 0.15) is 5.69 Å². The number of methoxy groups -OCH3 is 2. The van der Waals surface area contributed by atoms with Crippen LogP contribution >= 0.6 is 0 Å². The number of halogens is 3. The maximum absolute atomic E-state index is 12.9. The Labute approximate surface area is 181 Å². The third kappa shape index (κ3) is 4.12. The molecule has 0 fully saturated rings. The van der Waals surface area contributed by atoms with Crippen molar-refractivity contribution in [1.82, 2.24) is 29.9 Å². The molecule has 0 spiro atoms. The maximum Gasteiger partial charge on any atom is 0.435 e. The van der Waals surface area contributed by atoms with Crippen molar-refractivity contribution < 1.29 is 27.4 Å². The average Bonchev–Trinajstić information content (AvgIpc) is 3.37. The summed E-state index contributed by atoms with van der Waals surface area (Å²) in [5.74, 6) is 0.0997. The molecule has 4 rings (SSSR count). The first kappa shape index (κ1) is 21.7. The number of ether oxygens (including phenoxy) is 2. The third-order valence-electron chi connectivity index (χ3n) is 5.23. The van der Waals surface area contributed by atoms with Crippen LogP contribution in [-0.4, -0.2) is 44.7 Å². The number of carbonyl (C=O) groups excluding carboxylic acids is 1. The lowest BCUT2D eigenvalue weighted by molar-refractivity contribution is -0.141. The van der Waals surface area contributed by atoms with Crippen LogP contribution in [0.1, 0.15) is 40.8 Å². The SMILES string of the molecule is COc1cc(-c2cc3n(n2)CCCC3NC(=O)c2cc(C(F)(F)F)nn2C)cc(OC)n1. The van der Waals surface area contributed by atoms with Crippen molar-refractivity contribution >= 4 is 5.91 Å². The van der Waals surface area contributed by atoms with Gasteiger partial charge in [-0.05, 0) is 18.9 Å². The van der Waals surface area contributed by atoms with Crippen LogP contribution in [0.3, 0.4) is 0 Å². The van der Waals surface area contributed by atoms with Crippen molar-refractivity contribution in [2.45, 2.75) is 31.6 Å². The lowest BCUT2D eigenvalue weighted by atomic mass is 10.0. The van der Waals surface area contributed by atoms with E-state index in [9.17, 15) is 18.0 Å². The molecule has 170 valence electrons. The Morgan fingerprint density at radius 1 is 1.12 bits per heavy atom. The van der Waals surface area contributed by atoms with E-state index in [0.29, 0.717) is 30.4 Å². The fourth-order valence-electron chi connectivity index (χ4n) is 3.66. The van der Waals surface area contributed by atoms with Gasteiger partial charge < -0.3 is 14.8 Å². The number of alkyl halides is 3. The number of rotatable bonds is 5. The molecule has 12 heteroatoms. The standard InChI is InChI=1S/C20H21F3N6O3/c1-28-15(10-16(27-28)20(21,22)23)19(30)24-12-5-4-6-29-14(12)9-13(26-29)11-7-17(31-2)25-18(8-11)32-3/h7-10,12H,4-6H2,1-3H3,(H,24,30). The fourth-order valence-corrected chi connectivity index (χ4v) is 3.66. The number of aryl methyl sites for hydroxylation is 2. The number of amides is 1. The minimum Gasteiger partial charge on any atom is -0.481 e. The number of hydrogen-bond donors (Lipinski definition) is 1. The highest BCUT2D eigenvalue weighted by molar-refractivity contribution is 5.93. The van der Waals surface area contributed by atoms with Gasteiger partial charge in [-0.15, -0.1) is 0 Å². The average molecular weight is 450 g/mol. The zero-order valence-electron chi connectivity index (χ0n) is 17.6. The van der Waals surface area contributed by atoms with Crippen LogP contribution in [0.5, 0.6) is 11.8 Å². The third-order valence-corrected chi connectivity index (χ3v) is 5.23. The summed E-state index contributed by atoms with van der Waals surface area (Å²) in [5.41, 5.74) is 0.842. The van der Waals surface area contributed by atoms with Crippen molar-refractivity contribution in [3.05, 3.63) is 41.3 Å². The molecule has 0 saturated heterocycles. The molecule has 1 unspecified atom stereocenters. The van der Waals surface area contributed by atoms with E-state index in [-0.39, 0.29) is 5.69 Å². The topological polar surface area (TPSA) is 96.1 Å². The van der Waals surface area contributed by atoms with E-state index >= 15 is 0 Å². The van der Waals surface area contributed by atoms with Crippen molar-refractivity contribution in [1.29, 1.82) is 0 Å². The summed E-state index contributed by atoms with van der Waals surface area (Å²) in [6.07, 6.45) is -3.24. The fraction of sp³-hybridized carbons (Fsp3) is 0.400. The second kappa shape index (κ2) is 8.17. The van der Waals surface area contributed by atoms with E-state index in [4.69, 9.17) is 9.47 Å². The molecule has 0 aromatic carbocycles. The highest BCUT2D eigenvalue weighted by Crippen LogP contribution is 2.32. The smallest absolute Gasteiger partial charge is 0.435 e. The summed E-state index contributed by atoms with van der Waals surface area (Å²) in [4.78, 5) is 16.9. The Kier molecular flexibility index (Phi) is 5.53. The summed E-state index contributed by atoms with van der Waals surface area (Å²) in [6.45, 7) is 0.658. The molecule has 0 aliphatic carbocycles. The van der Waals surface area contributed by atoms with Gasteiger partial charge in [-0.2, -0.15) is 28.4 Å². The van der Waals surface area contributed by atoms with Gasteiger partial charge in [0.2, 0.25) is 11.8 Å². The zero-order chi connectivity index (χ0) is 23.0. The number of pyridine rings is 1. The Bertz CT molecular complexity index is 1130. The Hall–Kier alpha value is -3.57. The minimum atomic E-state index is -4.62. The van der Waals surface area contributed by atoms with Gasteiger partial charge in [-0.25, -0.2) is 0 Å². The van der Waals surface area contributed by atoms with E-state index in [0.717, 1.165) is 28.4 Å². The highest BCUT2D eigenvalue weighted by Gasteiger charge is 2.36. The van der Waals surface area contributed by atoms with Gasteiger partial charge in [0.15, 0.2) is 5.69 Å². The van der Waals surface area contributed by atoms with Crippen molar-refractivity contribution in [3.63, 3.8) is 0 Å². The minimum absolute atomic E-state index is 0.169. The van der Waals surface area contributed by atoms with Gasteiger partial charge in [-0.1, -0.05) is 0 Å². The van der Waals surface area contributed by atoms with E-state index in [2.05, 4.69) is 20.5 Å². The van der Waals surface area contributed by atoms with E-state index in [1.165, 1.54) is 21.3 Å². The van der Waals surface area contributed by atoms with Gasteiger partial charge in [0.05, 0.1) is 31.6 Å². The van der Waals surface area contributed by atoms with Crippen LogP contribution in [0.2, 0.25) is 0 Å². The predicted molar refractivity (Wildman–Crippen MR) is 106 cm³/mol. The molecule has 3 aromatic rings. The normalized spacial score (nSPS) is 15.9. The Morgan fingerprint density at radius 3 is 2.41 bits per heavy atom. The monoisotopic (exact) mass is 450 g/mol. The maximum atomic E-state index is 12.9. The first-order valence-electron chi connectivity index (χ1n) is 9.80. The van der Waals surface area contributed by atoms with Gasteiger partial charge in [0, 0.05) is 37.4 Å². The first-order valence-corrected chi connectivity index (χ1v) is 9.80. The number of nitrogens with one attached hydrogen (secondary N) is 1. The molecular formula is C20H21F3N6O3. The summed E-state index contributed by atoms with van der Waals surface area (Å²) < 4.78 is 51.9. The Balaban J connectivity index is 1.61. The molecule has 32 heavy (non-hydrogen) atoms. The van der Waals surface area contributed by atoms with E-state index in [1.54, 1.807) is 16.8 Å². The van der Waals surface area contributed by atoms with Crippen LogP contribution in [0.25, 0.3) is 11.3 Å². The van der Waals surface area contributed by atoms with Crippen molar-refractivity contribution in [2.75, 3.05) is 14.2 Å². The van der Waals surface area contributed by atoms with Crippen LogP contribution in [0.15, 0.2) is 24.3 Å².